The van der Waals surface area contributed by atoms with E-state index in [1.165, 1.54) is 48.3 Å². The van der Waals surface area contributed by atoms with Crippen molar-refractivity contribution >= 4 is 39.1 Å². The SMILES string of the molecule is CNC(=O)[C@@H](C)N(Cc1ccc(F)cc1)C(=O)CN(c1cccc(Cl)c1C)S(=O)(=O)c1ccccc1. The minimum Gasteiger partial charge on any atom is -0.357 e. The first-order valence-electron chi connectivity index (χ1n) is 11.1. The summed E-state index contributed by atoms with van der Waals surface area (Å²) in [7, 11) is -2.73. The van der Waals surface area contributed by atoms with E-state index in [4.69, 9.17) is 11.6 Å². The van der Waals surface area contributed by atoms with Gasteiger partial charge in [0.15, 0.2) is 0 Å². The number of hydrogen-bond donors (Lipinski definition) is 1. The number of amides is 2. The van der Waals surface area contributed by atoms with Crippen molar-refractivity contribution in [3.63, 3.8) is 0 Å². The summed E-state index contributed by atoms with van der Waals surface area (Å²) in [6.45, 7) is 2.60. The van der Waals surface area contributed by atoms with Crippen molar-refractivity contribution in [2.45, 2.75) is 31.3 Å². The zero-order valence-electron chi connectivity index (χ0n) is 20.1. The van der Waals surface area contributed by atoms with Crippen molar-refractivity contribution < 1.29 is 22.4 Å². The lowest BCUT2D eigenvalue weighted by molar-refractivity contribution is -0.139. The molecule has 0 aliphatic carbocycles. The largest absolute Gasteiger partial charge is 0.357 e. The topological polar surface area (TPSA) is 86.8 Å². The first-order chi connectivity index (χ1) is 17.1. The van der Waals surface area contributed by atoms with E-state index in [1.54, 1.807) is 50.2 Å². The molecule has 0 aliphatic heterocycles. The van der Waals surface area contributed by atoms with Crippen LogP contribution < -0.4 is 9.62 Å². The average molecular weight is 532 g/mol. The number of anilines is 1. The molecule has 3 aromatic carbocycles. The molecule has 2 amide bonds. The third-order valence-corrected chi connectivity index (χ3v) is 7.98. The Morgan fingerprint density at radius 3 is 2.25 bits per heavy atom. The van der Waals surface area contributed by atoms with Crippen LogP contribution in [0.25, 0.3) is 0 Å². The second kappa shape index (κ2) is 11.5. The summed E-state index contributed by atoms with van der Waals surface area (Å²) in [6.07, 6.45) is 0. The van der Waals surface area contributed by atoms with Gasteiger partial charge in [-0.1, -0.05) is 48.0 Å². The molecule has 1 N–H and O–H groups in total. The number of hydrogen-bond acceptors (Lipinski definition) is 4. The van der Waals surface area contributed by atoms with E-state index < -0.39 is 40.2 Å². The van der Waals surface area contributed by atoms with E-state index in [1.807, 2.05) is 0 Å². The minimum absolute atomic E-state index is 0.00149. The Labute approximate surface area is 215 Å². The standard InChI is InChI=1S/C26H27ClFN3O4S/c1-18-23(27)10-7-11-24(18)31(36(34,35)22-8-5-4-6-9-22)17-25(32)30(19(2)26(33)29-3)16-20-12-14-21(28)15-13-20/h4-15,19H,16-17H2,1-3H3,(H,29,33)/t19-/m1/s1. The predicted octanol–water partition coefficient (Wildman–Crippen LogP) is 4.15. The summed E-state index contributed by atoms with van der Waals surface area (Å²) in [5.74, 6) is -1.48. The van der Waals surface area contributed by atoms with Gasteiger partial charge in [-0.25, -0.2) is 12.8 Å². The lowest BCUT2D eigenvalue weighted by Gasteiger charge is -2.32. The Morgan fingerprint density at radius 1 is 1.00 bits per heavy atom. The van der Waals surface area contributed by atoms with Gasteiger partial charge in [-0.05, 0) is 61.4 Å². The fourth-order valence-corrected chi connectivity index (χ4v) is 5.34. The second-order valence-corrected chi connectivity index (χ2v) is 10.4. The molecule has 190 valence electrons. The smallest absolute Gasteiger partial charge is 0.264 e. The second-order valence-electron chi connectivity index (χ2n) is 8.15. The van der Waals surface area contributed by atoms with Gasteiger partial charge in [-0.15, -0.1) is 0 Å². The van der Waals surface area contributed by atoms with Gasteiger partial charge in [0, 0.05) is 18.6 Å². The highest BCUT2D eigenvalue weighted by molar-refractivity contribution is 7.92. The molecule has 1 atom stereocenters. The van der Waals surface area contributed by atoms with Gasteiger partial charge in [-0.2, -0.15) is 0 Å². The molecule has 3 aromatic rings. The zero-order chi connectivity index (χ0) is 26.5. The van der Waals surface area contributed by atoms with Crippen molar-refractivity contribution in [2.75, 3.05) is 17.9 Å². The fourth-order valence-electron chi connectivity index (χ4n) is 3.68. The number of carbonyl (C=O) groups is 2. The van der Waals surface area contributed by atoms with Crippen LogP contribution in [0.2, 0.25) is 5.02 Å². The van der Waals surface area contributed by atoms with E-state index in [2.05, 4.69) is 5.32 Å². The first kappa shape index (κ1) is 27.2. The summed E-state index contributed by atoms with van der Waals surface area (Å²) in [5.41, 5.74) is 1.31. The Balaban J connectivity index is 2.06. The van der Waals surface area contributed by atoms with Crippen LogP contribution in [-0.4, -0.2) is 44.8 Å². The van der Waals surface area contributed by atoms with Gasteiger partial charge in [0.05, 0.1) is 10.6 Å². The number of halogens is 2. The maximum absolute atomic E-state index is 13.7. The number of carbonyl (C=O) groups excluding carboxylic acids is 2. The van der Waals surface area contributed by atoms with Crippen molar-refractivity contribution in [2.24, 2.45) is 0 Å². The molecule has 36 heavy (non-hydrogen) atoms. The Bertz CT molecular complexity index is 1340. The quantitative estimate of drug-likeness (QED) is 0.449. The minimum atomic E-state index is -4.17. The molecule has 3 rings (SSSR count). The first-order valence-corrected chi connectivity index (χ1v) is 13.0. The predicted molar refractivity (Wildman–Crippen MR) is 138 cm³/mol. The molecule has 0 aliphatic rings. The molecular formula is C26H27ClFN3O4S. The summed E-state index contributed by atoms with van der Waals surface area (Å²) >= 11 is 6.28. The van der Waals surface area contributed by atoms with Crippen LogP contribution in [0.5, 0.6) is 0 Å². The van der Waals surface area contributed by atoms with E-state index >= 15 is 0 Å². The van der Waals surface area contributed by atoms with Gasteiger partial charge >= 0.3 is 0 Å². The molecule has 0 aromatic heterocycles. The summed E-state index contributed by atoms with van der Waals surface area (Å²) in [6, 6.07) is 17.2. The van der Waals surface area contributed by atoms with Crippen LogP contribution in [-0.2, 0) is 26.2 Å². The van der Waals surface area contributed by atoms with Crippen LogP contribution in [0.3, 0.4) is 0 Å². The molecule has 10 heteroatoms. The molecular weight excluding hydrogens is 505 g/mol. The molecule has 0 bridgehead atoms. The van der Waals surface area contributed by atoms with Crippen LogP contribution in [0.15, 0.2) is 77.7 Å². The van der Waals surface area contributed by atoms with Crippen LogP contribution in [0.4, 0.5) is 10.1 Å². The van der Waals surface area contributed by atoms with Crippen molar-refractivity contribution in [1.82, 2.24) is 10.2 Å². The Kier molecular flexibility index (Phi) is 8.70. The van der Waals surface area contributed by atoms with Gasteiger partial charge in [0.1, 0.15) is 18.4 Å². The highest BCUT2D eigenvalue weighted by atomic mass is 35.5. The third-order valence-electron chi connectivity index (χ3n) is 5.80. The normalized spacial score (nSPS) is 12.0. The lowest BCUT2D eigenvalue weighted by Crippen LogP contribution is -2.50. The highest BCUT2D eigenvalue weighted by Crippen LogP contribution is 2.31. The highest BCUT2D eigenvalue weighted by Gasteiger charge is 2.33. The number of sulfonamides is 1. The molecule has 0 radical (unpaired) electrons. The van der Waals surface area contributed by atoms with E-state index in [0.717, 1.165) is 4.31 Å². The van der Waals surface area contributed by atoms with E-state index in [0.29, 0.717) is 16.1 Å². The summed E-state index contributed by atoms with van der Waals surface area (Å²) in [5, 5.41) is 2.85. The summed E-state index contributed by atoms with van der Waals surface area (Å²) in [4.78, 5) is 27.4. The summed E-state index contributed by atoms with van der Waals surface area (Å²) < 4.78 is 41.8. The maximum atomic E-state index is 13.7. The van der Waals surface area contributed by atoms with Gasteiger partial charge in [0.25, 0.3) is 10.0 Å². The third kappa shape index (κ3) is 6.03. The number of nitrogens with zero attached hydrogens (tertiary/aromatic N) is 2. The van der Waals surface area contributed by atoms with Crippen LogP contribution in [0.1, 0.15) is 18.1 Å². The number of benzene rings is 3. The van der Waals surface area contributed by atoms with E-state index in [-0.39, 0.29) is 17.1 Å². The molecule has 0 saturated carbocycles. The molecule has 7 nitrogen and oxygen atoms in total. The van der Waals surface area contributed by atoms with Crippen LogP contribution in [0, 0.1) is 12.7 Å². The van der Waals surface area contributed by atoms with Gasteiger partial charge in [0.2, 0.25) is 11.8 Å². The van der Waals surface area contributed by atoms with Crippen LogP contribution >= 0.6 is 11.6 Å². The van der Waals surface area contributed by atoms with Crippen molar-refractivity contribution in [3.05, 3.63) is 94.8 Å². The Hall–Kier alpha value is -3.43. The molecule has 0 fully saturated rings. The number of rotatable bonds is 9. The molecule has 0 heterocycles. The zero-order valence-corrected chi connectivity index (χ0v) is 21.7. The number of likely N-dealkylation sites (N-methyl/N-ethyl adjacent to an activating group) is 1. The number of nitrogens with one attached hydrogen (secondary N) is 1. The fraction of sp³-hybridized carbons (Fsp3) is 0.231. The Morgan fingerprint density at radius 2 is 1.64 bits per heavy atom. The van der Waals surface area contributed by atoms with Crippen molar-refractivity contribution in [3.8, 4) is 0 Å². The lowest BCUT2D eigenvalue weighted by atomic mass is 10.1. The van der Waals surface area contributed by atoms with E-state index in [9.17, 15) is 22.4 Å². The van der Waals surface area contributed by atoms with Gasteiger partial charge in [-0.3, -0.25) is 13.9 Å². The average Bonchev–Trinajstić information content (AvgIpc) is 2.88. The molecule has 0 spiro atoms. The molecule has 0 unspecified atom stereocenters. The molecule has 0 saturated heterocycles. The van der Waals surface area contributed by atoms with Gasteiger partial charge < -0.3 is 10.2 Å². The monoisotopic (exact) mass is 531 g/mol. The van der Waals surface area contributed by atoms with Crippen molar-refractivity contribution in [1.29, 1.82) is 0 Å². The maximum Gasteiger partial charge on any atom is 0.264 e.